The van der Waals surface area contributed by atoms with Gasteiger partial charge in [-0.15, -0.1) is 0 Å². The molecule has 0 unspecified atom stereocenters. The van der Waals surface area contributed by atoms with Crippen molar-refractivity contribution in [2.45, 2.75) is 0 Å². The number of nitrogens with one attached hydrogen (secondary N) is 3. The highest BCUT2D eigenvalue weighted by Gasteiger charge is 2.10. The van der Waals surface area contributed by atoms with E-state index in [2.05, 4.69) is 16.2 Å². The number of thiocarbonyl (C=S) groups is 1. The van der Waals surface area contributed by atoms with Crippen LogP contribution in [0.5, 0.6) is 0 Å². The smallest absolute Gasteiger partial charge is 0.269 e. The largest absolute Gasteiger partial charge is 0.298 e. The maximum Gasteiger partial charge on any atom is 0.269 e. The summed E-state index contributed by atoms with van der Waals surface area (Å²) < 4.78 is 0. The molecule has 0 aliphatic carbocycles. The molecule has 0 heterocycles. The molecule has 2 amide bonds. The summed E-state index contributed by atoms with van der Waals surface area (Å²) in [6.45, 7) is 0. The number of nitro benzene ring substituents is 1. The van der Waals surface area contributed by atoms with E-state index in [9.17, 15) is 19.7 Å². The summed E-state index contributed by atoms with van der Waals surface area (Å²) in [5.41, 5.74) is 5.48. The Kier molecular flexibility index (Phi) is 6.98. The first kappa shape index (κ1) is 20.0. The van der Waals surface area contributed by atoms with Gasteiger partial charge in [0.15, 0.2) is 5.11 Å². The second kappa shape index (κ2) is 9.41. The van der Waals surface area contributed by atoms with Gasteiger partial charge in [0.2, 0.25) is 5.91 Å². The lowest BCUT2D eigenvalue weighted by Crippen LogP contribution is -2.48. The Balaban J connectivity index is 1.80. The van der Waals surface area contributed by atoms with Crippen LogP contribution in [-0.4, -0.2) is 21.9 Å². The first-order chi connectivity index (χ1) is 12.8. The average molecular weight is 405 g/mol. The molecule has 0 radical (unpaired) electrons. The minimum absolute atomic E-state index is 0.115. The normalized spacial score (nSPS) is 10.3. The Morgan fingerprint density at radius 2 is 1.67 bits per heavy atom. The van der Waals surface area contributed by atoms with Crippen LogP contribution in [0.4, 0.5) is 5.69 Å². The lowest BCUT2D eigenvalue weighted by Gasteiger charge is -2.09. The van der Waals surface area contributed by atoms with Gasteiger partial charge < -0.3 is 0 Å². The minimum Gasteiger partial charge on any atom is -0.298 e. The summed E-state index contributed by atoms with van der Waals surface area (Å²) >= 11 is 10.7. The number of non-ortho nitro benzene ring substituents is 1. The Labute approximate surface area is 164 Å². The van der Waals surface area contributed by atoms with Crippen LogP contribution in [0.1, 0.15) is 15.9 Å². The van der Waals surface area contributed by atoms with Crippen molar-refractivity contribution < 1.29 is 14.5 Å². The van der Waals surface area contributed by atoms with Gasteiger partial charge in [0.1, 0.15) is 0 Å². The molecule has 0 aliphatic rings. The Morgan fingerprint density at radius 1 is 1.04 bits per heavy atom. The molecule has 138 valence electrons. The van der Waals surface area contributed by atoms with Gasteiger partial charge in [-0.05, 0) is 48.1 Å². The van der Waals surface area contributed by atoms with E-state index < -0.39 is 16.7 Å². The number of halogens is 1. The zero-order valence-electron chi connectivity index (χ0n) is 13.6. The summed E-state index contributed by atoms with van der Waals surface area (Å²) in [5.74, 6) is -1.06. The Morgan fingerprint density at radius 3 is 2.26 bits per heavy atom. The number of nitrogens with zero attached hydrogens (tertiary/aromatic N) is 1. The molecule has 0 aliphatic heterocycles. The third kappa shape index (κ3) is 6.49. The number of carbonyl (C=O) groups excluding carboxylic acids is 2. The van der Waals surface area contributed by atoms with E-state index in [4.69, 9.17) is 23.8 Å². The molecule has 0 bridgehead atoms. The van der Waals surface area contributed by atoms with Gasteiger partial charge in [-0.3, -0.25) is 35.9 Å². The van der Waals surface area contributed by atoms with E-state index in [0.717, 1.165) is 5.56 Å². The summed E-state index contributed by atoms with van der Waals surface area (Å²) in [7, 11) is 0. The van der Waals surface area contributed by atoms with Gasteiger partial charge in [-0.25, -0.2) is 0 Å². The molecule has 0 atom stereocenters. The Hall–Kier alpha value is -3.30. The molecular weight excluding hydrogens is 392 g/mol. The number of nitro groups is 1. The summed E-state index contributed by atoms with van der Waals surface area (Å²) in [5, 5.41) is 13.4. The van der Waals surface area contributed by atoms with Crippen molar-refractivity contribution in [3.63, 3.8) is 0 Å². The quantitative estimate of drug-likeness (QED) is 0.312. The van der Waals surface area contributed by atoms with Gasteiger partial charge in [-0.1, -0.05) is 23.7 Å². The van der Waals surface area contributed by atoms with Crippen LogP contribution < -0.4 is 16.2 Å². The van der Waals surface area contributed by atoms with E-state index in [0.29, 0.717) is 5.02 Å². The number of hydrogen-bond acceptors (Lipinski definition) is 5. The van der Waals surface area contributed by atoms with Crippen LogP contribution in [0.25, 0.3) is 6.08 Å². The van der Waals surface area contributed by atoms with Crippen molar-refractivity contribution >= 4 is 52.5 Å². The number of hydrazine groups is 1. The SMILES string of the molecule is O=C(/C=C/c1ccc(Cl)cc1)NC(=S)NNC(=O)c1ccc([N+](=O)[O-])cc1. The van der Waals surface area contributed by atoms with E-state index in [-0.39, 0.29) is 16.4 Å². The van der Waals surface area contributed by atoms with Crippen molar-refractivity contribution in [2.75, 3.05) is 0 Å². The first-order valence-corrected chi connectivity index (χ1v) is 8.23. The van der Waals surface area contributed by atoms with Gasteiger partial charge in [0.05, 0.1) is 4.92 Å². The van der Waals surface area contributed by atoms with Gasteiger partial charge in [-0.2, -0.15) is 0 Å². The van der Waals surface area contributed by atoms with Gasteiger partial charge >= 0.3 is 0 Å². The van der Waals surface area contributed by atoms with Crippen LogP contribution in [0.2, 0.25) is 5.02 Å². The van der Waals surface area contributed by atoms with Crippen LogP contribution >= 0.6 is 23.8 Å². The van der Waals surface area contributed by atoms with Crippen LogP contribution in [0.3, 0.4) is 0 Å². The van der Waals surface area contributed by atoms with Crippen molar-refractivity contribution in [1.29, 1.82) is 0 Å². The predicted octanol–water partition coefficient (Wildman–Crippen LogP) is 2.60. The van der Waals surface area contributed by atoms with E-state index in [1.807, 2.05) is 0 Å². The van der Waals surface area contributed by atoms with E-state index in [1.54, 1.807) is 30.3 Å². The Bertz CT molecular complexity index is 898. The number of hydrogen-bond donors (Lipinski definition) is 3. The fourth-order valence-corrected chi connectivity index (χ4v) is 2.13. The molecule has 2 rings (SSSR count). The maximum atomic E-state index is 11.9. The second-order valence-corrected chi connectivity index (χ2v) is 5.93. The lowest BCUT2D eigenvalue weighted by atomic mass is 10.2. The van der Waals surface area contributed by atoms with Crippen molar-refractivity contribution in [3.05, 3.63) is 80.9 Å². The fourth-order valence-electron chi connectivity index (χ4n) is 1.85. The number of amides is 2. The third-order valence-electron chi connectivity index (χ3n) is 3.16. The molecule has 27 heavy (non-hydrogen) atoms. The topological polar surface area (TPSA) is 113 Å². The zero-order valence-corrected chi connectivity index (χ0v) is 15.2. The highest BCUT2D eigenvalue weighted by atomic mass is 35.5. The molecule has 0 saturated carbocycles. The minimum atomic E-state index is -0.571. The van der Waals surface area contributed by atoms with E-state index in [1.165, 1.54) is 30.3 Å². The fraction of sp³-hybridized carbons (Fsp3) is 0. The summed E-state index contributed by atoms with van der Waals surface area (Å²) in [4.78, 5) is 33.7. The molecule has 2 aromatic rings. The van der Waals surface area contributed by atoms with Crippen molar-refractivity contribution in [1.82, 2.24) is 16.2 Å². The van der Waals surface area contributed by atoms with Crippen molar-refractivity contribution in [2.24, 2.45) is 0 Å². The molecule has 10 heteroatoms. The standard InChI is InChI=1S/C17H13ClN4O4S/c18-13-6-1-11(2-7-13)3-10-15(23)19-17(27)21-20-16(24)12-4-8-14(9-5-12)22(25)26/h1-10H,(H,20,24)(H2,19,21,23,27)/b10-3+. The lowest BCUT2D eigenvalue weighted by molar-refractivity contribution is -0.384. The van der Waals surface area contributed by atoms with Gasteiger partial charge in [0.25, 0.3) is 11.6 Å². The summed E-state index contributed by atoms with van der Waals surface area (Å²) in [6.07, 6.45) is 2.85. The third-order valence-corrected chi connectivity index (χ3v) is 3.62. The molecule has 0 saturated heterocycles. The molecule has 8 nitrogen and oxygen atoms in total. The molecule has 0 aromatic heterocycles. The molecule has 0 spiro atoms. The molecule has 2 aromatic carbocycles. The molecule has 3 N–H and O–H groups in total. The van der Waals surface area contributed by atoms with Crippen LogP contribution in [0.15, 0.2) is 54.6 Å². The highest BCUT2D eigenvalue weighted by molar-refractivity contribution is 7.80. The van der Waals surface area contributed by atoms with Gasteiger partial charge in [0, 0.05) is 28.8 Å². The number of rotatable bonds is 4. The van der Waals surface area contributed by atoms with E-state index >= 15 is 0 Å². The summed E-state index contributed by atoms with van der Waals surface area (Å²) in [6, 6.07) is 11.9. The first-order valence-electron chi connectivity index (χ1n) is 7.44. The molecule has 0 fully saturated rings. The zero-order chi connectivity index (χ0) is 19.8. The predicted molar refractivity (Wildman–Crippen MR) is 105 cm³/mol. The number of benzene rings is 2. The second-order valence-electron chi connectivity index (χ2n) is 5.09. The van der Waals surface area contributed by atoms with Crippen LogP contribution in [-0.2, 0) is 4.79 Å². The molecular formula is C17H13ClN4O4S. The average Bonchev–Trinajstić information content (AvgIpc) is 2.65. The monoisotopic (exact) mass is 404 g/mol. The highest BCUT2D eigenvalue weighted by Crippen LogP contribution is 2.12. The van der Waals surface area contributed by atoms with Crippen molar-refractivity contribution in [3.8, 4) is 0 Å². The maximum absolute atomic E-state index is 11.9. The number of carbonyl (C=O) groups is 2. The van der Waals surface area contributed by atoms with Crippen LogP contribution in [0, 0.1) is 10.1 Å².